The van der Waals surface area contributed by atoms with Gasteiger partial charge in [-0.05, 0) is 37.6 Å². The summed E-state index contributed by atoms with van der Waals surface area (Å²) in [5.41, 5.74) is 4.39. The van der Waals surface area contributed by atoms with Crippen molar-refractivity contribution in [3.63, 3.8) is 0 Å². The molecule has 7 heteroatoms. The molecular formula is C19H18N2O3S2. The van der Waals surface area contributed by atoms with Crippen molar-refractivity contribution in [2.75, 3.05) is 11.6 Å². The number of carbonyl (C=O) groups is 1. The molecule has 0 bridgehead atoms. The van der Waals surface area contributed by atoms with Gasteiger partial charge in [0, 0.05) is 22.8 Å². The Kier molecular flexibility index (Phi) is 4.93. The fourth-order valence-corrected chi connectivity index (χ4v) is 3.97. The second-order valence-electron chi connectivity index (χ2n) is 6.11. The van der Waals surface area contributed by atoms with Gasteiger partial charge in [-0.3, -0.25) is 10.1 Å². The molecule has 0 fully saturated rings. The van der Waals surface area contributed by atoms with Crippen LogP contribution in [0.15, 0.2) is 52.7 Å². The van der Waals surface area contributed by atoms with Gasteiger partial charge in [-0.25, -0.2) is 13.4 Å². The number of aromatic nitrogens is 1. The number of benzene rings is 2. The molecule has 0 unspecified atom stereocenters. The van der Waals surface area contributed by atoms with Crippen LogP contribution in [0.3, 0.4) is 0 Å². The molecule has 1 N–H and O–H groups in total. The Morgan fingerprint density at radius 2 is 1.88 bits per heavy atom. The lowest BCUT2D eigenvalue weighted by Gasteiger charge is -2.05. The molecule has 0 radical (unpaired) electrons. The summed E-state index contributed by atoms with van der Waals surface area (Å²) in [5, 5.41) is 5.09. The second-order valence-corrected chi connectivity index (χ2v) is 8.98. The highest BCUT2D eigenvalue weighted by Gasteiger charge is 2.14. The van der Waals surface area contributed by atoms with Gasteiger partial charge in [0.2, 0.25) is 0 Å². The van der Waals surface area contributed by atoms with E-state index in [2.05, 4.69) is 16.4 Å². The summed E-state index contributed by atoms with van der Waals surface area (Å²) in [7, 11) is -3.36. The van der Waals surface area contributed by atoms with Gasteiger partial charge >= 0.3 is 0 Å². The minimum atomic E-state index is -3.36. The van der Waals surface area contributed by atoms with Crippen molar-refractivity contribution in [2.45, 2.75) is 18.7 Å². The maximum atomic E-state index is 12.4. The van der Waals surface area contributed by atoms with Crippen LogP contribution in [0.25, 0.3) is 11.3 Å². The van der Waals surface area contributed by atoms with E-state index in [9.17, 15) is 13.2 Å². The van der Waals surface area contributed by atoms with Gasteiger partial charge in [0.25, 0.3) is 5.91 Å². The first-order valence-electron chi connectivity index (χ1n) is 7.88. The smallest absolute Gasteiger partial charge is 0.257 e. The van der Waals surface area contributed by atoms with E-state index < -0.39 is 15.7 Å². The zero-order valence-electron chi connectivity index (χ0n) is 14.6. The summed E-state index contributed by atoms with van der Waals surface area (Å²) in [6.45, 7) is 4.06. The first kappa shape index (κ1) is 18.3. The van der Waals surface area contributed by atoms with Crippen LogP contribution in [0.2, 0.25) is 0 Å². The van der Waals surface area contributed by atoms with E-state index in [1.54, 1.807) is 12.1 Å². The molecule has 1 aromatic heterocycles. The fraction of sp³-hybridized carbons (Fsp3) is 0.158. The molecule has 3 rings (SSSR count). The summed E-state index contributed by atoms with van der Waals surface area (Å²) < 4.78 is 23.3. The molecule has 1 amide bonds. The predicted octanol–water partition coefficient (Wildman–Crippen LogP) is 4.08. The Morgan fingerprint density at radius 3 is 2.58 bits per heavy atom. The van der Waals surface area contributed by atoms with Gasteiger partial charge < -0.3 is 0 Å². The van der Waals surface area contributed by atoms with Crippen LogP contribution in [-0.2, 0) is 9.84 Å². The Bertz CT molecular complexity index is 1090. The molecule has 0 atom stereocenters. The van der Waals surface area contributed by atoms with Gasteiger partial charge in [-0.2, -0.15) is 0 Å². The monoisotopic (exact) mass is 386 g/mol. The fourth-order valence-electron chi connectivity index (χ4n) is 2.59. The summed E-state index contributed by atoms with van der Waals surface area (Å²) >= 11 is 1.33. The van der Waals surface area contributed by atoms with Crippen LogP contribution in [0.4, 0.5) is 5.13 Å². The molecular weight excluding hydrogens is 368 g/mol. The first-order chi connectivity index (χ1) is 12.2. The number of rotatable bonds is 4. The van der Waals surface area contributed by atoms with E-state index in [0.29, 0.717) is 5.13 Å². The average Bonchev–Trinajstić information content (AvgIpc) is 3.02. The summed E-state index contributed by atoms with van der Waals surface area (Å²) in [6.07, 6.45) is 1.11. The molecule has 0 saturated carbocycles. The number of sulfone groups is 1. The molecule has 0 aliphatic heterocycles. The van der Waals surface area contributed by atoms with Crippen molar-refractivity contribution >= 4 is 32.2 Å². The van der Waals surface area contributed by atoms with Crippen molar-refractivity contribution < 1.29 is 13.2 Å². The number of nitrogens with one attached hydrogen (secondary N) is 1. The lowest BCUT2D eigenvalue weighted by molar-refractivity contribution is 0.102. The highest BCUT2D eigenvalue weighted by atomic mass is 32.2. The third kappa shape index (κ3) is 4.00. The van der Waals surface area contributed by atoms with E-state index in [1.165, 1.54) is 29.0 Å². The molecule has 26 heavy (non-hydrogen) atoms. The third-order valence-electron chi connectivity index (χ3n) is 3.91. The van der Waals surface area contributed by atoms with Crippen molar-refractivity contribution in [1.29, 1.82) is 0 Å². The average molecular weight is 386 g/mol. The van der Waals surface area contributed by atoms with Crippen LogP contribution in [0, 0.1) is 13.8 Å². The minimum absolute atomic E-state index is 0.111. The second kappa shape index (κ2) is 7.01. The number of carbonyl (C=O) groups excluding carboxylic acids is 1. The molecule has 3 aromatic rings. The highest BCUT2D eigenvalue weighted by Crippen LogP contribution is 2.28. The largest absolute Gasteiger partial charge is 0.298 e. The Hall–Kier alpha value is -2.51. The lowest BCUT2D eigenvalue weighted by Crippen LogP contribution is -2.12. The summed E-state index contributed by atoms with van der Waals surface area (Å²) in [4.78, 5) is 17.0. The van der Waals surface area contributed by atoms with Crippen LogP contribution >= 0.6 is 11.3 Å². The molecule has 5 nitrogen and oxygen atoms in total. The summed E-state index contributed by atoms with van der Waals surface area (Å²) in [6, 6.07) is 12.1. The molecule has 1 heterocycles. The molecule has 134 valence electrons. The van der Waals surface area contributed by atoms with Crippen LogP contribution in [0.5, 0.6) is 0 Å². The standard InChI is InChI=1S/C19H18N2O3S2/c1-12-7-8-16(13(2)9-12)17-11-25-19(20-17)21-18(22)14-5-4-6-15(10-14)26(3,23)24/h4-11H,1-3H3,(H,20,21,22). The van der Waals surface area contributed by atoms with Crippen molar-refractivity contribution in [1.82, 2.24) is 4.98 Å². The van der Waals surface area contributed by atoms with Gasteiger partial charge in [0.15, 0.2) is 15.0 Å². The zero-order valence-corrected chi connectivity index (χ0v) is 16.2. The molecule has 0 aliphatic rings. The van der Waals surface area contributed by atoms with Crippen molar-refractivity contribution in [2.24, 2.45) is 0 Å². The molecule has 2 aromatic carbocycles. The minimum Gasteiger partial charge on any atom is -0.298 e. The van der Waals surface area contributed by atoms with Crippen LogP contribution in [-0.4, -0.2) is 25.6 Å². The summed E-state index contributed by atoms with van der Waals surface area (Å²) in [5.74, 6) is -0.392. The van der Waals surface area contributed by atoms with Gasteiger partial charge in [-0.1, -0.05) is 29.8 Å². The van der Waals surface area contributed by atoms with E-state index in [4.69, 9.17) is 0 Å². The number of thiazole rings is 1. The lowest BCUT2D eigenvalue weighted by atomic mass is 10.0. The van der Waals surface area contributed by atoms with E-state index >= 15 is 0 Å². The quantitative estimate of drug-likeness (QED) is 0.733. The zero-order chi connectivity index (χ0) is 18.9. The number of aryl methyl sites for hydroxylation is 2. The Morgan fingerprint density at radius 1 is 1.12 bits per heavy atom. The maximum Gasteiger partial charge on any atom is 0.257 e. The van der Waals surface area contributed by atoms with Gasteiger partial charge in [-0.15, -0.1) is 11.3 Å². The number of amides is 1. The topological polar surface area (TPSA) is 76.1 Å². The van der Waals surface area contributed by atoms with Gasteiger partial charge in [0.1, 0.15) is 0 Å². The Labute approximate surface area is 156 Å². The van der Waals surface area contributed by atoms with E-state index in [1.807, 2.05) is 31.4 Å². The van der Waals surface area contributed by atoms with E-state index in [0.717, 1.165) is 23.1 Å². The first-order valence-corrected chi connectivity index (χ1v) is 10.7. The SMILES string of the molecule is Cc1ccc(-c2csc(NC(=O)c3cccc(S(C)(=O)=O)c3)n2)c(C)c1. The number of nitrogens with zero attached hydrogens (tertiary/aromatic N) is 1. The molecule has 0 aliphatic carbocycles. The van der Waals surface area contributed by atoms with Crippen molar-refractivity contribution in [3.8, 4) is 11.3 Å². The van der Waals surface area contributed by atoms with Crippen LogP contribution in [0.1, 0.15) is 21.5 Å². The van der Waals surface area contributed by atoms with Gasteiger partial charge in [0.05, 0.1) is 10.6 Å². The third-order valence-corrected chi connectivity index (χ3v) is 5.77. The highest BCUT2D eigenvalue weighted by molar-refractivity contribution is 7.90. The predicted molar refractivity (Wildman–Crippen MR) is 105 cm³/mol. The van der Waals surface area contributed by atoms with E-state index in [-0.39, 0.29) is 10.5 Å². The normalized spacial score (nSPS) is 11.3. The Balaban J connectivity index is 1.82. The maximum absolute atomic E-state index is 12.4. The molecule has 0 spiro atoms. The molecule has 0 saturated heterocycles. The number of hydrogen-bond acceptors (Lipinski definition) is 5. The van der Waals surface area contributed by atoms with Crippen molar-refractivity contribution in [3.05, 3.63) is 64.5 Å². The number of anilines is 1. The number of hydrogen-bond donors (Lipinski definition) is 1. The van der Waals surface area contributed by atoms with Crippen LogP contribution < -0.4 is 5.32 Å².